The summed E-state index contributed by atoms with van der Waals surface area (Å²) >= 11 is 1.72. The van der Waals surface area contributed by atoms with Crippen LogP contribution in [-0.4, -0.2) is 24.0 Å². The number of hydrogen-bond acceptors (Lipinski definition) is 3. The van der Waals surface area contributed by atoms with E-state index < -0.39 is 0 Å². The molecular formula is C20H19NO2S. The summed E-state index contributed by atoms with van der Waals surface area (Å²) in [6, 6.07) is 18.4. The molecule has 24 heavy (non-hydrogen) atoms. The van der Waals surface area contributed by atoms with Gasteiger partial charge in [-0.25, -0.2) is 0 Å². The molecule has 0 radical (unpaired) electrons. The van der Waals surface area contributed by atoms with Gasteiger partial charge in [0.1, 0.15) is 5.75 Å². The smallest absolute Gasteiger partial charge is 0.261 e. The lowest BCUT2D eigenvalue weighted by Crippen LogP contribution is -2.34. The third-order valence-electron chi connectivity index (χ3n) is 4.55. The first-order valence-corrected chi connectivity index (χ1v) is 9.14. The van der Waals surface area contributed by atoms with Crippen LogP contribution in [0.4, 0.5) is 0 Å². The summed E-state index contributed by atoms with van der Waals surface area (Å²) in [5, 5.41) is 4.24. The van der Waals surface area contributed by atoms with Crippen LogP contribution < -0.4 is 4.74 Å². The number of carbonyl (C=O) groups excluding carboxylic acids is 1. The number of ether oxygens (including phenoxy) is 1. The molecule has 1 amide bonds. The molecule has 0 N–H and O–H groups in total. The molecule has 4 rings (SSSR count). The molecule has 1 aromatic heterocycles. The van der Waals surface area contributed by atoms with Crippen LogP contribution in [0.1, 0.15) is 23.8 Å². The highest BCUT2D eigenvalue weighted by Crippen LogP contribution is 2.34. The van der Waals surface area contributed by atoms with Gasteiger partial charge in [-0.3, -0.25) is 4.79 Å². The Morgan fingerprint density at radius 1 is 1.12 bits per heavy atom. The molecule has 0 saturated carbocycles. The Morgan fingerprint density at radius 3 is 2.88 bits per heavy atom. The second kappa shape index (κ2) is 6.65. The quantitative estimate of drug-likeness (QED) is 0.694. The SMILES string of the molecule is O=C(COc1cccc2ccccc12)N1CCC[C@@H]1c1cccs1. The minimum absolute atomic E-state index is 0.0684. The average molecular weight is 337 g/mol. The number of benzene rings is 2. The van der Waals surface area contributed by atoms with Gasteiger partial charge in [-0.2, -0.15) is 0 Å². The van der Waals surface area contributed by atoms with Gasteiger partial charge >= 0.3 is 0 Å². The highest BCUT2D eigenvalue weighted by Gasteiger charge is 2.30. The number of fused-ring (bicyclic) bond motifs is 1. The predicted molar refractivity (Wildman–Crippen MR) is 97.5 cm³/mol. The van der Waals surface area contributed by atoms with E-state index in [1.165, 1.54) is 4.88 Å². The van der Waals surface area contributed by atoms with Crippen molar-refractivity contribution in [1.82, 2.24) is 4.90 Å². The number of amides is 1. The first-order chi connectivity index (χ1) is 11.8. The molecule has 1 saturated heterocycles. The van der Waals surface area contributed by atoms with Crippen LogP contribution in [0.5, 0.6) is 5.75 Å². The van der Waals surface area contributed by atoms with Gasteiger partial charge in [-0.15, -0.1) is 11.3 Å². The lowest BCUT2D eigenvalue weighted by atomic mass is 10.1. The van der Waals surface area contributed by atoms with E-state index in [9.17, 15) is 4.79 Å². The zero-order valence-corrected chi connectivity index (χ0v) is 14.2. The Balaban J connectivity index is 1.48. The maximum absolute atomic E-state index is 12.7. The molecule has 4 heteroatoms. The number of carbonyl (C=O) groups is 1. The lowest BCUT2D eigenvalue weighted by Gasteiger charge is -2.24. The van der Waals surface area contributed by atoms with Crippen molar-refractivity contribution in [2.45, 2.75) is 18.9 Å². The number of likely N-dealkylation sites (tertiary alicyclic amines) is 1. The fourth-order valence-electron chi connectivity index (χ4n) is 3.39. The van der Waals surface area contributed by atoms with Crippen LogP contribution in [0.25, 0.3) is 10.8 Å². The molecule has 0 unspecified atom stereocenters. The second-order valence-corrected chi connectivity index (χ2v) is 7.01. The molecule has 0 spiro atoms. The Morgan fingerprint density at radius 2 is 2.00 bits per heavy atom. The van der Waals surface area contributed by atoms with Crippen molar-refractivity contribution in [3.8, 4) is 5.75 Å². The van der Waals surface area contributed by atoms with Gasteiger partial charge in [0.15, 0.2) is 6.61 Å². The van der Waals surface area contributed by atoms with Crippen molar-refractivity contribution in [3.05, 3.63) is 64.9 Å². The summed E-state index contributed by atoms with van der Waals surface area (Å²) in [7, 11) is 0. The largest absolute Gasteiger partial charge is 0.483 e. The molecule has 2 aromatic carbocycles. The van der Waals surface area contributed by atoms with Crippen molar-refractivity contribution < 1.29 is 9.53 Å². The van der Waals surface area contributed by atoms with Crippen molar-refractivity contribution in [2.75, 3.05) is 13.2 Å². The van der Waals surface area contributed by atoms with Gasteiger partial charge < -0.3 is 9.64 Å². The minimum Gasteiger partial charge on any atom is -0.483 e. The van der Waals surface area contributed by atoms with Crippen LogP contribution in [0.15, 0.2) is 60.0 Å². The average Bonchev–Trinajstić information content (AvgIpc) is 3.30. The van der Waals surface area contributed by atoms with Gasteiger partial charge in [0.2, 0.25) is 0 Å². The lowest BCUT2D eigenvalue weighted by molar-refractivity contribution is -0.134. The van der Waals surface area contributed by atoms with E-state index in [-0.39, 0.29) is 18.6 Å². The maximum Gasteiger partial charge on any atom is 0.261 e. The molecule has 0 aliphatic carbocycles. The van der Waals surface area contributed by atoms with Crippen LogP contribution in [0.2, 0.25) is 0 Å². The highest BCUT2D eigenvalue weighted by molar-refractivity contribution is 7.10. The molecule has 3 aromatic rings. The molecule has 1 aliphatic heterocycles. The van der Waals surface area contributed by atoms with Crippen LogP contribution >= 0.6 is 11.3 Å². The van der Waals surface area contributed by atoms with Crippen LogP contribution in [0, 0.1) is 0 Å². The maximum atomic E-state index is 12.7. The summed E-state index contributed by atoms with van der Waals surface area (Å²) in [4.78, 5) is 15.9. The number of thiophene rings is 1. The molecule has 1 atom stereocenters. The number of nitrogens with zero attached hydrogens (tertiary/aromatic N) is 1. The van der Waals surface area contributed by atoms with E-state index in [0.29, 0.717) is 0 Å². The first kappa shape index (κ1) is 15.2. The Bertz CT molecular complexity index is 838. The first-order valence-electron chi connectivity index (χ1n) is 8.26. The van der Waals surface area contributed by atoms with Crippen molar-refractivity contribution >= 4 is 28.0 Å². The Hall–Kier alpha value is -2.33. The van der Waals surface area contributed by atoms with E-state index in [0.717, 1.165) is 35.9 Å². The van der Waals surface area contributed by atoms with Gasteiger partial charge in [-0.05, 0) is 35.7 Å². The fourth-order valence-corrected chi connectivity index (χ4v) is 4.26. The third-order valence-corrected chi connectivity index (χ3v) is 5.52. The fraction of sp³-hybridized carbons (Fsp3) is 0.250. The Labute approximate surface area is 145 Å². The molecule has 0 bridgehead atoms. The van der Waals surface area contributed by atoms with Crippen molar-refractivity contribution in [1.29, 1.82) is 0 Å². The van der Waals surface area contributed by atoms with Gasteiger partial charge in [0, 0.05) is 16.8 Å². The van der Waals surface area contributed by atoms with E-state index in [1.807, 2.05) is 41.3 Å². The molecule has 3 nitrogen and oxygen atoms in total. The topological polar surface area (TPSA) is 29.5 Å². The number of hydrogen-bond donors (Lipinski definition) is 0. The zero-order chi connectivity index (χ0) is 16.4. The number of rotatable bonds is 4. The van der Waals surface area contributed by atoms with E-state index in [4.69, 9.17) is 4.74 Å². The standard InChI is InChI=1S/C20H19NO2S/c22-20(21-12-4-9-17(21)19-11-5-13-24-19)14-23-18-10-3-7-15-6-1-2-8-16(15)18/h1-3,5-8,10-11,13,17H,4,9,12,14H2/t17-/m1/s1. The predicted octanol–water partition coefficient (Wildman–Crippen LogP) is 4.64. The molecular weight excluding hydrogens is 318 g/mol. The highest BCUT2D eigenvalue weighted by atomic mass is 32.1. The van der Waals surface area contributed by atoms with E-state index >= 15 is 0 Å². The van der Waals surface area contributed by atoms with Gasteiger partial charge in [0.25, 0.3) is 5.91 Å². The second-order valence-electron chi connectivity index (χ2n) is 6.03. The molecule has 1 fully saturated rings. The summed E-state index contributed by atoms with van der Waals surface area (Å²) in [6.45, 7) is 0.913. The summed E-state index contributed by atoms with van der Waals surface area (Å²) < 4.78 is 5.87. The van der Waals surface area contributed by atoms with Crippen LogP contribution in [-0.2, 0) is 4.79 Å². The van der Waals surface area contributed by atoms with Gasteiger partial charge in [0.05, 0.1) is 6.04 Å². The molecule has 2 heterocycles. The zero-order valence-electron chi connectivity index (χ0n) is 13.4. The van der Waals surface area contributed by atoms with E-state index in [1.54, 1.807) is 11.3 Å². The van der Waals surface area contributed by atoms with Gasteiger partial charge in [-0.1, -0.05) is 42.5 Å². The molecule has 1 aliphatic rings. The van der Waals surface area contributed by atoms with Crippen molar-refractivity contribution in [2.24, 2.45) is 0 Å². The Kier molecular flexibility index (Phi) is 4.22. The van der Waals surface area contributed by atoms with Crippen LogP contribution in [0.3, 0.4) is 0 Å². The third kappa shape index (κ3) is 2.89. The normalized spacial score (nSPS) is 17.3. The summed E-state index contributed by atoms with van der Waals surface area (Å²) in [5.74, 6) is 0.840. The summed E-state index contributed by atoms with van der Waals surface area (Å²) in [6.07, 6.45) is 2.10. The van der Waals surface area contributed by atoms with E-state index in [2.05, 4.69) is 23.6 Å². The minimum atomic E-state index is 0.0684. The summed E-state index contributed by atoms with van der Waals surface area (Å²) in [5.41, 5.74) is 0. The molecule has 122 valence electrons. The monoisotopic (exact) mass is 337 g/mol. The van der Waals surface area contributed by atoms with Crippen molar-refractivity contribution in [3.63, 3.8) is 0 Å².